The van der Waals surface area contributed by atoms with Crippen LogP contribution < -0.4 is 5.84 Å². The molecule has 0 spiro atoms. The van der Waals surface area contributed by atoms with Gasteiger partial charge in [0.2, 0.25) is 9.84 Å². The molecule has 0 fully saturated rings. The van der Waals surface area contributed by atoms with Crippen LogP contribution in [0.1, 0.15) is 0 Å². The molecular weight excluding hydrogens is 190 g/mol. The third-order valence-corrected chi connectivity index (χ3v) is 3.92. The zero-order valence-corrected chi connectivity index (χ0v) is 7.25. The van der Waals surface area contributed by atoms with E-state index >= 15 is 0 Å². The van der Waals surface area contributed by atoms with E-state index in [0.29, 0.717) is 15.8 Å². The largest absolute Gasteiger partial charge is 0.323 e. The predicted molar refractivity (Wildman–Crippen MR) is 45.3 cm³/mol. The van der Waals surface area contributed by atoms with Gasteiger partial charge in [0, 0.05) is 0 Å². The first-order valence-electron chi connectivity index (χ1n) is 3.64. The lowest BCUT2D eigenvalue weighted by atomic mass is 10.2. The highest BCUT2D eigenvalue weighted by Gasteiger charge is 2.38. The van der Waals surface area contributed by atoms with E-state index in [0.717, 1.165) is 4.79 Å². The van der Waals surface area contributed by atoms with Crippen LogP contribution >= 0.6 is 0 Å². The second kappa shape index (κ2) is 1.69. The lowest BCUT2D eigenvalue weighted by Crippen LogP contribution is -2.13. The van der Waals surface area contributed by atoms with E-state index < -0.39 is 9.84 Å². The summed E-state index contributed by atoms with van der Waals surface area (Å²) in [5.74, 6) is 5.47. The molecule has 0 aliphatic carbocycles. The van der Waals surface area contributed by atoms with Gasteiger partial charge < -0.3 is 5.84 Å². The maximum atomic E-state index is 11.4. The Hall–Kier alpha value is -1.56. The fraction of sp³-hybridized carbons (Fsp3) is 0. The van der Waals surface area contributed by atoms with Gasteiger partial charge in [-0.25, -0.2) is 8.42 Å². The average molecular weight is 195 g/mol. The Bertz CT molecular complexity index is 626. The van der Waals surface area contributed by atoms with Crippen molar-refractivity contribution in [3.8, 4) is 0 Å². The van der Waals surface area contributed by atoms with Crippen LogP contribution in [-0.4, -0.2) is 18.3 Å². The summed E-state index contributed by atoms with van der Waals surface area (Å²) in [5.41, 5.74) is 0.655. The van der Waals surface area contributed by atoms with Crippen molar-refractivity contribution in [3.05, 3.63) is 18.2 Å². The van der Waals surface area contributed by atoms with E-state index in [1.807, 2.05) is 0 Å². The second-order valence-electron chi connectivity index (χ2n) is 2.90. The van der Waals surface area contributed by atoms with Gasteiger partial charge in [0.25, 0.3) is 0 Å². The lowest BCUT2D eigenvalue weighted by molar-refractivity contribution is 0.586. The van der Waals surface area contributed by atoms with Gasteiger partial charge in [-0.2, -0.15) is 4.79 Å². The third kappa shape index (κ3) is 0.560. The summed E-state index contributed by atoms with van der Waals surface area (Å²) in [6.45, 7) is 0. The van der Waals surface area contributed by atoms with E-state index in [2.05, 4.69) is 5.10 Å². The summed E-state index contributed by atoms with van der Waals surface area (Å²) in [6, 6.07) is 4.96. The van der Waals surface area contributed by atoms with Crippen molar-refractivity contribution >= 4 is 20.7 Å². The molecule has 0 bridgehead atoms. The third-order valence-electron chi connectivity index (χ3n) is 2.21. The molecule has 5 nitrogen and oxygen atoms in total. The minimum atomic E-state index is -3.28. The van der Waals surface area contributed by atoms with Gasteiger partial charge in [-0.05, 0) is 12.1 Å². The summed E-state index contributed by atoms with van der Waals surface area (Å²) in [6.07, 6.45) is 0. The van der Waals surface area contributed by atoms with Crippen molar-refractivity contribution in [1.82, 2.24) is 9.89 Å². The lowest BCUT2D eigenvalue weighted by Gasteiger charge is -2.11. The van der Waals surface area contributed by atoms with Crippen LogP contribution in [0.3, 0.4) is 0 Å². The van der Waals surface area contributed by atoms with E-state index in [4.69, 9.17) is 5.84 Å². The highest BCUT2D eigenvalue weighted by Crippen LogP contribution is 2.40. The average Bonchev–Trinajstić information content (AvgIpc) is 2.44. The Kier molecular flexibility index (Phi) is 0.899. The smallest absolute Gasteiger partial charge is 0.227 e. The fourth-order valence-electron chi connectivity index (χ4n) is 1.60. The maximum Gasteiger partial charge on any atom is 0.227 e. The van der Waals surface area contributed by atoms with Crippen molar-refractivity contribution in [2.75, 3.05) is 5.84 Å². The van der Waals surface area contributed by atoms with Crippen LogP contribution in [0.4, 0.5) is 0 Å². The van der Waals surface area contributed by atoms with Crippen molar-refractivity contribution in [2.45, 2.75) is 9.92 Å². The van der Waals surface area contributed by atoms with Crippen LogP contribution in [0, 0.1) is 0 Å². The van der Waals surface area contributed by atoms with E-state index in [1.165, 1.54) is 0 Å². The number of nitrogens with zero attached hydrogens (tertiary/aromatic N) is 2. The number of rotatable bonds is 0. The zero-order valence-electron chi connectivity index (χ0n) is 6.43. The normalized spacial score (nSPS) is 17.2. The molecule has 0 radical (unpaired) electrons. The molecule has 13 heavy (non-hydrogen) atoms. The SMILES string of the molecule is Nn1nc2c3c(cccc31)S2(=O)=O. The van der Waals surface area contributed by atoms with Gasteiger partial charge >= 0.3 is 0 Å². The van der Waals surface area contributed by atoms with Gasteiger partial charge in [-0.15, -0.1) is 5.10 Å². The van der Waals surface area contributed by atoms with Crippen LogP contribution in [0.2, 0.25) is 0 Å². The standard InChI is InChI=1S/C7H5N3O2S/c8-10-4-2-1-3-5-6(4)7(9-10)13(5,11)12/h1-3H,8H2. The predicted octanol–water partition coefficient (Wildman–Crippen LogP) is -0.104. The number of sulfone groups is 1. The van der Waals surface area contributed by atoms with Crippen molar-refractivity contribution < 1.29 is 8.42 Å². The monoisotopic (exact) mass is 195 g/mol. The van der Waals surface area contributed by atoms with Crippen LogP contribution in [0.25, 0.3) is 10.9 Å². The highest BCUT2D eigenvalue weighted by atomic mass is 32.2. The first-order chi connectivity index (χ1) is 6.12. The first kappa shape index (κ1) is 6.90. The Morgan fingerprint density at radius 3 is 2.92 bits per heavy atom. The van der Waals surface area contributed by atoms with Gasteiger partial charge in [0.15, 0.2) is 5.03 Å². The summed E-state index contributed by atoms with van der Waals surface area (Å²) >= 11 is 0. The molecule has 1 aromatic heterocycles. The Balaban J connectivity index is 2.69. The molecule has 0 saturated carbocycles. The van der Waals surface area contributed by atoms with Crippen LogP contribution in [0.5, 0.6) is 0 Å². The van der Waals surface area contributed by atoms with Crippen LogP contribution in [0.15, 0.2) is 28.1 Å². The second-order valence-corrected chi connectivity index (χ2v) is 4.74. The number of nitrogens with two attached hydrogens (primary N) is 1. The van der Waals surface area contributed by atoms with Gasteiger partial charge in [0.1, 0.15) is 0 Å². The van der Waals surface area contributed by atoms with Crippen molar-refractivity contribution in [2.24, 2.45) is 0 Å². The molecule has 1 aromatic carbocycles. The molecule has 2 heterocycles. The molecule has 0 atom stereocenters. The van der Waals surface area contributed by atoms with E-state index in [-0.39, 0.29) is 5.03 Å². The quantitative estimate of drug-likeness (QED) is 0.508. The molecule has 6 heteroatoms. The fourth-order valence-corrected chi connectivity index (χ4v) is 3.06. The number of nitrogen functional groups attached to an aromatic ring is 1. The number of aromatic nitrogens is 2. The molecule has 0 unspecified atom stereocenters. The van der Waals surface area contributed by atoms with E-state index in [1.54, 1.807) is 18.2 Å². The molecule has 0 saturated heterocycles. The molecule has 2 aromatic rings. The number of hydrogen-bond acceptors (Lipinski definition) is 4. The summed E-state index contributed by atoms with van der Waals surface area (Å²) in [7, 11) is -3.28. The molecular formula is C7H5N3O2S. The Morgan fingerprint density at radius 2 is 2.15 bits per heavy atom. The molecule has 2 N–H and O–H groups in total. The summed E-state index contributed by atoms with van der Waals surface area (Å²) in [5, 5.41) is 4.48. The van der Waals surface area contributed by atoms with Gasteiger partial charge in [0.05, 0.1) is 15.8 Å². The van der Waals surface area contributed by atoms with E-state index in [9.17, 15) is 8.42 Å². The minimum Gasteiger partial charge on any atom is -0.323 e. The molecule has 1 aliphatic rings. The first-order valence-corrected chi connectivity index (χ1v) is 5.12. The summed E-state index contributed by atoms with van der Waals surface area (Å²) in [4.78, 5) is 1.43. The molecule has 66 valence electrons. The summed E-state index contributed by atoms with van der Waals surface area (Å²) < 4.78 is 22.9. The van der Waals surface area contributed by atoms with Crippen LogP contribution in [-0.2, 0) is 9.84 Å². The van der Waals surface area contributed by atoms with Gasteiger partial charge in [-0.1, -0.05) is 6.07 Å². The molecule has 0 amide bonds. The topological polar surface area (TPSA) is 78.0 Å². The Labute approximate surface area is 73.6 Å². The Morgan fingerprint density at radius 1 is 1.38 bits per heavy atom. The zero-order chi connectivity index (χ0) is 9.22. The van der Waals surface area contributed by atoms with Gasteiger partial charge in [-0.3, -0.25) is 0 Å². The number of benzene rings is 1. The van der Waals surface area contributed by atoms with Crippen molar-refractivity contribution in [3.63, 3.8) is 0 Å². The van der Waals surface area contributed by atoms with Crippen molar-refractivity contribution in [1.29, 1.82) is 0 Å². The highest BCUT2D eigenvalue weighted by molar-refractivity contribution is 7.93. The maximum absolute atomic E-state index is 11.4. The number of hydrogen-bond donors (Lipinski definition) is 1. The molecule has 1 aliphatic heterocycles. The molecule has 3 rings (SSSR count). The minimum absolute atomic E-state index is 0.0978.